The Morgan fingerprint density at radius 1 is 1.37 bits per heavy atom. The number of fused-ring (bicyclic) bond motifs is 1. The number of likely N-dealkylation sites (tertiary alicyclic amines) is 1. The highest BCUT2D eigenvalue weighted by molar-refractivity contribution is 5.98. The fourth-order valence-electron chi connectivity index (χ4n) is 2.56. The van der Waals surface area contributed by atoms with Crippen LogP contribution in [0.5, 0.6) is 11.5 Å². The maximum atomic E-state index is 12.6. The van der Waals surface area contributed by atoms with E-state index in [1.807, 2.05) is 0 Å². The molecular weight excluding hydrogens is 249 g/mol. The first kappa shape index (κ1) is 12.3. The number of carbonyl (C=O) groups is 1. The van der Waals surface area contributed by atoms with Crippen molar-refractivity contribution in [3.63, 3.8) is 0 Å². The molecule has 0 saturated carbocycles. The molecule has 2 aliphatic heterocycles. The zero-order valence-electron chi connectivity index (χ0n) is 10.6. The number of nitrogens with zero attached hydrogens (tertiary/aromatic N) is 1. The molecule has 102 valence electrons. The van der Waals surface area contributed by atoms with Gasteiger partial charge in [0, 0.05) is 19.0 Å². The largest absolute Gasteiger partial charge is 0.486 e. The van der Waals surface area contributed by atoms with E-state index in [0.29, 0.717) is 43.4 Å². The van der Waals surface area contributed by atoms with Gasteiger partial charge in [-0.2, -0.15) is 0 Å². The molecule has 1 saturated heterocycles. The predicted molar refractivity (Wildman–Crippen MR) is 67.4 cm³/mol. The Balaban J connectivity index is 1.84. The molecule has 0 aromatic heterocycles. The van der Waals surface area contributed by atoms with Crippen LogP contribution in [0.25, 0.3) is 0 Å². The highest BCUT2D eigenvalue weighted by Crippen LogP contribution is 2.35. The summed E-state index contributed by atoms with van der Waals surface area (Å²) in [6.07, 6.45) is 0.731. The van der Waals surface area contributed by atoms with E-state index in [1.165, 1.54) is 0 Å². The molecule has 0 radical (unpaired) electrons. The Morgan fingerprint density at radius 2 is 2.21 bits per heavy atom. The molecule has 0 bridgehead atoms. The number of benzene rings is 1. The monoisotopic (exact) mass is 265 g/mol. The van der Waals surface area contributed by atoms with Gasteiger partial charge < -0.3 is 14.4 Å². The van der Waals surface area contributed by atoms with Crippen LogP contribution in [-0.4, -0.2) is 43.8 Å². The normalized spacial score (nSPS) is 21.5. The topological polar surface area (TPSA) is 38.8 Å². The first-order valence-corrected chi connectivity index (χ1v) is 6.53. The zero-order chi connectivity index (χ0) is 13.2. The molecule has 1 aromatic rings. The molecule has 1 unspecified atom stereocenters. The van der Waals surface area contributed by atoms with Crippen molar-refractivity contribution in [1.29, 1.82) is 0 Å². The summed E-state index contributed by atoms with van der Waals surface area (Å²) in [5.41, 5.74) is 0.511. The number of rotatable bonds is 2. The Bertz CT molecular complexity index is 492. The van der Waals surface area contributed by atoms with Crippen LogP contribution in [0.4, 0.5) is 4.39 Å². The van der Waals surface area contributed by atoms with Crippen molar-refractivity contribution in [2.75, 3.05) is 33.0 Å². The first-order valence-electron chi connectivity index (χ1n) is 6.53. The van der Waals surface area contributed by atoms with E-state index in [0.717, 1.165) is 6.42 Å². The van der Waals surface area contributed by atoms with Crippen LogP contribution in [0.2, 0.25) is 0 Å². The minimum atomic E-state index is -0.365. The van der Waals surface area contributed by atoms with Crippen molar-refractivity contribution in [3.05, 3.63) is 23.8 Å². The zero-order valence-corrected chi connectivity index (χ0v) is 10.6. The molecule has 3 rings (SSSR count). The van der Waals surface area contributed by atoms with Crippen molar-refractivity contribution >= 4 is 5.91 Å². The van der Waals surface area contributed by atoms with Gasteiger partial charge in [-0.05, 0) is 18.6 Å². The van der Waals surface area contributed by atoms with E-state index in [-0.39, 0.29) is 18.5 Å². The summed E-state index contributed by atoms with van der Waals surface area (Å²) in [5, 5.41) is 0. The molecule has 1 fully saturated rings. The predicted octanol–water partition coefficient (Wildman–Crippen LogP) is 1.89. The average molecular weight is 265 g/mol. The second-order valence-electron chi connectivity index (χ2n) is 4.89. The van der Waals surface area contributed by atoms with Gasteiger partial charge in [0.25, 0.3) is 5.91 Å². The van der Waals surface area contributed by atoms with E-state index < -0.39 is 0 Å². The molecule has 1 aromatic carbocycles. The summed E-state index contributed by atoms with van der Waals surface area (Å²) < 4.78 is 23.6. The van der Waals surface area contributed by atoms with E-state index in [4.69, 9.17) is 9.47 Å². The van der Waals surface area contributed by atoms with Gasteiger partial charge in [-0.3, -0.25) is 9.18 Å². The average Bonchev–Trinajstić information content (AvgIpc) is 2.95. The van der Waals surface area contributed by atoms with Crippen molar-refractivity contribution in [2.24, 2.45) is 5.92 Å². The van der Waals surface area contributed by atoms with Gasteiger partial charge in [0.15, 0.2) is 11.5 Å². The lowest BCUT2D eigenvalue weighted by atomic mass is 10.1. The fourth-order valence-corrected chi connectivity index (χ4v) is 2.56. The number of para-hydroxylation sites is 1. The number of ether oxygens (including phenoxy) is 2. The van der Waals surface area contributed by atoms with Crippen LogP contribution in [0, 0.1) is 5.92 Å². The maximum Gasteiger partial charge on any atom is 0.257 e. The number of alkyl halides is 1. The molecule has 1 amide bonds. The molecule has 2 heterocycles. The fraction of sp³-hybridized carbons (Fsp3) is 0.500. The Morgan fingerprint density at radius 3 is 3.00 bits per heavy atom. The van der Waals surface area contributed by atoms with Crippen molar-refractivity contribution in [2.45, 2.75) is 6.42 Å². The first-order chi connectivity index (χ1) is 9.29. The Labute approximate surface area is 111 Å². The minimum Gasteiger partial charge on any atom is -0.486 e. The molecule has 1 atom stereocenters. The lowest BCUT2D eigenvalue weighted by Crippen LogP contribution is -2.30. The number of carbonyl (C=O) groups excluding carboxylic acids is 1. The van der Waals surface area contributed by atoms with Gasteiger partial charge in [-0.15, -0.1) is 0 Å². The number of hydrogen-bond donors (Lipinski definition) is 0. The molecule has 5 heteroatoms. The van der Waals surface area contributed by atoms with E-state index in [9.17, 15) is 9.18 Å². The van der Waals surface area contributed by atoms with Gasteiger partial charge >= 0.3 is 0 Å². The number of amides is 1. The van der Waals surface area contributed by atoms with Crippen LogP contribution in [0.15, 0.2) is 18.2 Å². The number of hydrogen-bond acceptors (Lipinski definition) is 3. The molecule has 0 N–H and O–H groups in total. The smallest absolute Gasteiger partial charge is 0.257 e. The highest BCUT2D eigenvalue weighted by atomic mass is 19.1. The van der Waals surface area contributed by atoms with Crippen molar-refractivity contribution in [3.8, 4) is 11.5 Å². The molecular formula is C14H16FNO3. The van der Waals surface area contributed by atoms with Crippen molar-refractivity contribution < 1.29 is 18.7 Å². The quantitative estimate of drug-likeness (QED) is 0.819. The summed E-state index contributed by atoms with van der Waals surface area (Å²) in [6.45, 7) is 1.68. The third-order valence-corrected chi connectivity index (χ3v) is 3.59. The summed E-state index contributed by atoms with van der Waals surface area (Å²) in [6, 6.07) is 5.31. The van der Waals surface area contributed by atoms with Gasteiger partial charge in [0.2, 0.25) is 0 Å². The van der Waals surface area contributed by atoms with E-state index in [2.05, 4.69) is 0 Å². The van der Waals surface area contributed by atoms with Crippen LogP contribution < -0.4 is 9.47 Å². The summed E-state index contributed by atoms with van der Waals surface area (Å²) in [4.78, 5) is 14.1. The molecule has 2 aliphatic rings. The lowest BCUT2D eigenvalue weighted by molar-refractivity contribution is 0.0775. The Hall–Kier alpha value is -1.78. The molecule has 19 heavy (non-hydrogen) atoms. The summed E-state index contributed by atoms with van der Waals surface area (Å²) in [7, 11) is 0. The number of halogens is 1. The van der Waals surface area contributed by atoms with Crippen LogP contribution >= 0.6 is 0 Å². The second-order valence-corrected chi connectivity index (χ2v) is 4.89. The second kappa shape index (κ2) is 5.07. The van der Waals surface area contributed by atoms with Gasteiger partial charge in [-0.1, -0.05) is 6.07 Å². The molecule has 4 nitrogen and oxygen atoms in total. The SMILES string of the molecule is O=C(c1cccc2c1OCCO2)N1CCC(CF)C1. The van der Waals surface area contributed by atoms with Gasteiger partial charge in [-0.25, -0.2) is 0 Å². The summed E-state index contributed by atoms with van der Waals surface area (Å²) >= 11 is 0. The summed E-state index contributed by atoms with van der Waals surface area (Å²) in [5.74, 6) is 1.000. The Kier molecular flexibility index (Phi) is 3.27. The van der Waals surface area contributed by atoms with Gasteiger partial charge in [0.05, 0.1) is 12.2 Å². The third kappa shape index (κ3) is 2.25. The van der Waals surface area contributed by atoms with Crippen LogP contribution in [-0.2, 0) is 0 Å². The standard InChI is InChI=1S/C14H16FNO3/c15-8-10-4-5-16(9-10)14(17)11-2-1-3-12-13(11)19-7-6-18-12/h1-3,10H,4-9H2. The lowest BCUT2D eigenvalue weighted by Gasteiger charge is -2.23. The van der Waals surface area contributed by atoms with E-state index in [1.54, 1.807) is 23.1 Å². The van der Waals surface area contributed by atoms with Crippen molar-refractivity contribution in [1.82, 2.24) is 4.90 Å². The van der Waals surface area contributed by atoms with Crippen LogP contribution in [0.1, 0.15) is 16.8 Å². The molecule has 0 spiro atoms. The third-order valence-electron chi connectivity index (χ3n) is 3.59. The van der Waals surface area contributed by atoms with E-state index >= 15 is 0 Å². The maximum absolute atomic E-state index is 12.6. The minimum absolute atomic E-state index is 0.0272. The highest BCUT2D eigenvalue weighted by Gasteiger charge is 2.30. The molecule has 0 aliphatic carbocycles. The van der Waals surface area contributed by atoms with Gasteiger partial charge in [0.1, 0.15) is 13.2 Å². The van der Waals surface area contributed by atoms with Crippen LogP contribution in [0.3, 0.4) is 0 Å².